The normalized spacial score (nSPS) is 42.4. The van der Waals surface area contributed by atoms with Crippen LogP contribution in [-0.4, -0.2) is 73.9 Å². The quantitative estimate of drug-likeness (QED) is 0.466. The lowest BCUT2D eigenvalue weighted by Gasteiger charge is -2.31. The minimum absolute atomic E-state index is 0.00677. The molecule has 7 nitrogen and oxygen atoms in total. The van der Waals surface area contributed by atoms with E-state index in [0.717, 1.165) is 19.3 Å². The van der Waals surface area contributed by atoms with Gasteiger partial charge in [0, 0.05) is 18.5 Å². The van der Waals surface area contributed by atoms with E-state index in [1.807, 2.05) is 34.4 Å². The minimum Gasteiger partial charge on any atom is -0.459 e. The van der Waals surface area contributed by atoms with E-state index in [1.54, 1.807) is 0 Å². The van der Waals surface area contributed by atoms with E-state index in [1.165, 1.54) is 0 Å². The predicted octanol–water partition coefficient (Wildman–Crippen LogP) is 2.85. The van der Waals surface area contributed by atoms with Gasteiger partial charge >= 0.3 is 5.97 Å². The lowest BCUT2D eigenvalue weighted by Crippen LogP contribution is -2.37. The van der Waals surface area contributed by atoms with Crippen LogP contribution in [0.5, 0.6) is 0 Å². The van der Waals surface area contributed by atoms with E-state index in [-0.39, 0.29) is 73.6 Å². The number of hydrogen-bond donors (Lipinski definition) is 1. The summed E-state index contributed by atoms with van der Waals surface area (Å²) in [7, 11) is -2.43. The second-order valence-electron chi connectivity index (χ2n) is 9.07. The first-order valence-electron chi connectivity index (χ1n) is 10.8. The third-order valence-electron chi connectivity index (χ3n) is 6.76. The maximum atomic E-state index is 12.4. The largest absolute Gasteiger partial charge is 0.459 e. The van der Waals surface area contributed by atoms with Crippen molar-refractivity contribution < 1.29 is 33.2 Å². The Kier molecular flexibility index (Phi) is 7.51. The van der Waals surface area contributed by atoms with Crippen molar-refractivity contribution in [3.63, 3.8) is 0 Å². The maximum absolute atomic E-state index is 12.4. The second-order valence-corrected chi connectivity index (χ2v) is 11.6. The van der Waals surface area contributed by atoms with Crippen molar-refractivity contribution in [3.8, 4) is 0 Å². The highest BCUT2D eigenvalue weighted by molar-refractivity contribution is 7.63. The van der Waals surface area contributed by atoms with Crippen LogP contribution in [0.4, 0.5) is 0 Å². The molecule has 1 N–H and O–H groups in total. The first-order valence-corrected chi connectivity index (χ1v) is 13.0. The highest BCUT2D eigenvalue weighted by Crippen LogP contribution is 2.49. The van der Waals surface area contributed by atoms with Gasteiger partial charge in [-0.3, -0.25) is 4.79 Å². The molecule has 0 bridgehead atoms. The fourth-order valence-electron chi connectivity index (χ4n) is 4.19. The van der Waals surface area contributed by atoms with Crippen LogP contribution in [0.15, 0.2) is 0 Å². The fourth-order valence-corrected chi connectivity index (χ4v) is 5.55. The topological polar surface area (TPSA) is 83.5 Å². The third-order valence-corrected chi connectivity index (χ3v) is 8.14. The molecule has 0 aromatic heterocycles. The Hall–Kier alpha value is -0.430. The molecule has 168 valence electrons. The smallest absolute Gasteiger partial charge is 0.309 e. The van der Waals surface area contributed by atoms with Gasteiger partial charge in [-0.2, -0.15) is 0 Å². The Morgan fingerprint density at radius 2 is 1.66 bits per heavy atom. The average molecular weight is 432 g/mol. The first-order chi connectivity index (χ1) is 13.6. The molecule has 2 heterocycles. The van der Waals surface area contributed by atoms with Gasteiger partial charge in [0.15, 0.2) is 0 Å². The molecule has 3 rings (SSSR count). The average Bonchev–Trinajstić information content (AvgIpc) is 3.03. The Labute approximate surface area is 174 Å². The molecule has 1 saturated carbocycles. The molecule has 2 aliphatic heterocycles. The molecule has 9 unspecified atom stereocenters. The van der Waals surface area contributed by atoms with Crippen LogP contribution in [0.1, 0.15) is 47.0 Å². The number of esters is 1. The van der Waals surface area contributed by atoms with E-state index in [4.69, 9.17) is 23.3 Å². The van der Waals surface area contributed by atoms with Crippen LogP contribution < -0.4 is 0 Å². The Balaban J connectivity index is 1.57. The van der Waals surface area contributed by atoms with Crippen LogP contribution in [0, 0.1) is 17.8 Å². The molecular weight excluding hydrogens is 395 g/mol. The summed E-state index contributed by atoms with van der Waals surface area (Å²) >= 11 is 0. The van der Waals surface area contributed by atoms with Crippen LogP contribution >= 0.6 is 7.34 Å². The van der Waals surface area contributed by atoms with Crippen molar-refractivity contribution in [1.29, 1.82) is 0 Å². The SMILES string of the molecule is C=P(C)(OCC1OC(C)C(C)C1OC(=O)C1CCC1)OC1C(CO)OC(C)C1C. The molecule has 8 heteroatoms. The summed E-state index contributed by atoms with van der Waals surface area (Å²) in [5.41, 5.74) is 0. The lowest BCUT2D eigenvalue weighted by atomic mass is 9.85. The van der Waals surface area contributed by atoms with E-state index >= 15 is 0 Å². The molecule has 29 heavy (non-hydrogen) atoms. The number of rotatable bonds is 8. The van der Waals surface area contributed by atoms with Crippen molar-refractivity contribution in [2.24, 2.45) is 17.8 Å². The summed E-state index contributed by atoms with van der Waals surface area (Å²) in [5, 5.41) is 9.60. The fraction of sp³-hybridized carbons (Fsp3) is 0.905. The second kappa shape index (κ2) is 9.37. The van der Waals surface area contributed by atoms with Gasteiger partial charge < -0.3 is 28.4 Å². The number of aliphatic hydroxyl groups excluding tert-OH is 1. The zero-order valence-corrected chi connectivity index (χ0v) is 19.2. The number of carbonyl (C=O) groups is 1. The summed E-state index contributed by atoms with van der Waals surface area (Å²) in [5.74, 6) is 0.160. The van der Waals surface area contributed by atoms with Crippen molar-refractivity contribution in [3.05, 3.63) is 0 Å². The van der Waals surface area contributed by atoms with E-state index in [2.05, 4.69) is 6.30 Å². The van der Waals surface area contributed by atoms with Crippen molar-refractivity contribution in [1.82, 2.24) is 0 Å². The summed E-state index contributed by atoms with van der Waals surface area (Å²) in [6.45, 7) is 10.1. The van der Waals surface area contributed by atoms with Crippen LogP contribution in [0.3, 0.4) is 0 Å². The zero-order chi connectivity index (χ0) is 21.3. The number of hydrogen-bond acceptors (Lipinski definition) is 7. The molecule has 0 amide bonds. The van der Waals surface area contributed by atoms with Gasteiger partial charge in [0.25, 0.3) is 0 Å². The zero-order valence-electron chi connectivity index (χ0n) is 18.3. The molecular formula is C21H37O7P. The highest BCUT2D eigenvalue weighted by atomic mass is 31.2. The van der Waals surface area contributed by atoms with E-state index in [0.29, 0.717) is 0 Å². The predicted molar refractivity (Wildman–Crippen MR) is 112 cm³/mol. The van der Waals surface area contributed by atoms with Gasteiger partial charge in [0.1, 0.15) is 25.7 Å². The standard InChI is InChI=1S/C21H37O7P/c1-12-14(3)26-18(19(12)27-21(23)16-8-7-9-16)11-24-29(5,6)28-20-13(2)15(4)25-17(20)10-22/h12-20,22H,5,7-11H2,1-4,6H3. The van der Waals surface area contributed by atoms with Gasteiger partial charge in [-0.1, -0.05) is 26.6 Å². The number of ether oxygens (including phenoxy) is 3. The lowest BCUT2D eigenvalue weighted by molar-refractivity contribution is -0.162. The molecule has 3 aliphatic rings. The van der Waals surface area contributed by atoms with E-state index < -0.39 is 7.34 Å². The molecule has 0 radical (unpaired) electrons. The molecule has 1 aliphatic carbocycles. The highest BCUT2D eigenvalue weighted by Gasteiger charge is 2.45. The summed E-state index contributed by atoms with van der Waals surface area (Å²) in [6, 6.07) is 0. The van der Waals surface area contributed by atoms with Gasteiger partial charge in [0.2, 0.25) is 0 Å². The Bertz CT molecular complexity index is 622. The van der Waals surface area contributed by atoms with Crippen LogP contribution in [0.2, 0.25) is 0 Å². The van der Waals surface area contributed by atoms with Crippen LogP contribution in [0.25, 0.3) is 0 Å². The minimum atomic E-state index is -2.43. The van der Waals surface area contributed by atoms with Crippen molar-refractivity contribution in [2.75, 3.05) is 19.9 Å². The Morgan fingerprint density at radius 3 is 2.21 bits per heavy atom. The molecule has 0 aromatic carbocycles. The van der Waals surface area contributed by atoms with Crippen LogP contribution in [-0.2, 0) is 28.1 Å². The molecule has 3 fully saturated rings. The molecule has 0 spiro atoms. The van der Waals surface area contributed by atoms with Gasteiger partial charge in [0.05, 0.1) is 37.4 Å². The molecule has 0 aromatic rings. The van der Waals surface area contributed by atoms with Crippen molar-refractivity contribution >= 4 is 19.6 Å². The summed E-state index contributed by atoms with van der Waals surface area (Å²) in [6.07, 6.45) is 5.79. The third kappa shape index (κ3) is 5.25. The summed E-state index contributed by atoms with van der Waals surface area (Å²) in [4.78, 5) is 12.4. The van der Waals surface area contributed by atoms with E-state index in [9.17, 15) is 9.90 Å². The van der Waals surface area contributed by atoms with Gasteiger partial charge in [-0.15, -0.1) is 0 Å². The van der Waals surface area contributed by atoms with Gasteiger partial charge in [-0.25, -0.2) is 0 Å². The molecule has 9 atom stereocenters. The van der Waals surface area contributed by atoms with Crippen molar-refractivity contribution in [2.45, 2.75) is 83.6 Å². The first kappa shape index (κ1) is 23.2. The number of carbonyl (C=O) groups excluding carboxylic acids is 1. The molecule has 2 saturated heterocycles. The number of aliphatic hydroxyl groups is 1. The van der Waals surface area contributed by atoms with Gasteiger partial charge in [-0.05, 0) is 26.7 Å². The maximum Gasteiger partial charge on any atom is 0.309 e. The monoisotopic (exact) mass is 432 g/mol. The Morgan fingerprint density at radius 1 is 1.07 bits per heavy atom. The summed E-state index contributed by atoms with van der Waals surface area (Å²) < 4.78 is 29.9.